The van der Waals surface area contributed by atoms with E-state index in [-0.39, 0.29) is 17.9 Å². The molecule has 0 aromatic heterocycles. The van der Waals surface area contributed by atoms with Gasteiger partial charge < -0.3 is 15.5 Å². The summed E-state index contributed by atoms with van der Waals surface area (Å²) in [6.07, 6.45) is 0. The first-order valence-corrected chi connectivity index (χ1v) is 6.18. The van der Waals surface area contributed by atoms with Crippen LogP contribution in [-0.2, 0) is 0 Å². The Kier molecular flexibility index (Phi) is 4.15. The first-order chi connectivity index (χ1) is 8.66. The molecule has 1 aliphatic rings. The summed E-state index contributed by atoms with van der Waals surface area (Å²) in [5.41, 5.74) is 0.917. The molecule has 4 nitrogen and oxygen atoms in total. The average molecular weight is 251 g/mol. The zero-order chi connectivity index (χ0) is 13.0. The maximum atomic E-state index is 13.1. The number of nitrogens with zero attached hydrogens (tertiary/aromatic N) is 1. The maximum absolute atomic E-state index is 13.1. The molecule has 0 bridgehead atoms. The summed E-state index contributed by atoms with van der Waals surface area (Å²) in [6, 6.07) is 6.63. The van der Waals surface area contributed by atoms with Crippen LogP contribution >= 0.6 is 0 Å². The van der Waals surface area contributed by atoms with E-state index in [0.29, 0.717) is 13.1 Å². The van der Waals surface area contributed by atoms with Gasteiger partial charge in [0.2, 0.25) is 0 Å². The minimum atomic E-state index is -0.222. The summed E-state index contributed by atoms with van der Waals surface area (Å²) in [4.78, 5) is 13.1. The Labute approximate surface area is 106 Å². The molecule has 1 atom stereocenters. The van der Waals surface area contributed by atoms with E-state index in [1.807, 2.05) is 13.0 Å². The van der Waals surface area contributed by atoms with E-state index >= 15 is 0 Å². The lowest BCUT2D eigenvalue weighted by Crippen LogP contribution is -2.35. The molecule has 0 unspecified atom stereocenters. The lowest BCUT2D eigenvalue weighted by molar-refractivity contribution is 0.217. The van der Waals surface area contributed by atoms with Gasteiger partial charge in [-0.25, -0.2) is 9.18 Å². The van der Waals surface area contributed by atoms with Gasteiger partial charge in [0.1, 0.15) is 5.82 Å². The number of halogens is 1. The largest absolute Gasteiger partial charge is 0.336 e. The van der Waals surface area contributed by atoms with Crippen LogP contribution in [0.25, 0.3) is 0 Å². The van der Waals surface area contributed by atoms with E-state index in [9.17, 15) is 9.18 Å². The highest BCUT2D eigenvalue weighted by molar-refractivity contribution is 5.76. The monoisotopic (exact) mass is 251 g/mol. The molecule has 5 heteroatoms. The molecule has 1 saturated heterocycles. The Morgan fingerprint density at radius 3 is 3.06 bits per heavy atom. The lowest BCUT2D eigenvalue weighted by atomic mass is 10.1. The summed E-state index contributed by atoms with van der Waals surface area (Å²) in [5, 5.41) is 6.04. The molecule has 1 aromatic carbocycles. The van der Waals surface area contributed by atoms with Gasteiger partial charge in [0, 0.05) is 32.2 Å². The normalized spacial score (nSPS) is 16.8. The van der Waals surface area contributed by atoms with Crippen LogP contribution in [0.4, 0.5) is 9.18 Å². The Morgan fingerprint density at radius 2 is 2.39 bits per heavy atom. The fourth-order valence-electron chi connectivity index (χ4n) is 2.03. The highest BCUT2D eigenvalue weighted by Crippen LogP contribution is 2.13. The van der Waals surface area contributed by atoms with E-state index < -0.39 is 0 Å². The van der Waals surface area contributed by atoms with Crippen molar-refractivity contribution in [3.05, 3.63) is 35.6 Å². The van der Waals surface area contributed by atoms with Gasteiger partial charge in [-0.05, 0) is 24.6 Å². The summed E-state index contributed by atoms with van der Waals surface area (Å²) < 4.78 is 13.1. The Hall–Kier alpha value is -1.62. The third-order valence-electron chi connectivity index (χ3n) is 3.13. The van der Waals surface area contributed by atoms with Crippen molar-refractivity contribution in [2.24, 2.45) is 0 Å². The standard InChI is InChI=1S/C13H18FN3O/c1-10(11-3-2-4-12(14)9-11)15-5-7-17-8-6-16-13(17)18/h2-4,9-10,15H,5-8H2,1H3,(H,16,18)/t10-/m0/s1. The number of amides is 2. The minimum absolute atomic E-state index is 0.00444. The van der Waals surface area contributed by atoms with Crippen molar-refractivity contribution in [3.8, 4) is 0 Å². The molecule has 0 saturated carbocycles. The van der Waals surface area contributed by atoms with Gasteiger partial charge in [0.05, 0.1) is 0 Å². The fraction of sp³-hybridized carbons (Fsp3) is 0.462. The first kappa shape index (κ1) is 12.8. The van der Waals surface area contributed by atoms with Crippen molar-refractivity contribution < 1.29 is 9.18 Å². The molecule has 2 rings (SSSR count). The van der Waals surface area contributed by atoms with Crippen LogP contribution < -0.4 is 10.6 Å². The topological polar surface area (TPSA) is 44.4 Å². The second kappa shape index (κ2) is 5.82. The Morgan fingerprint density at radius 1 is 1.56 bits per heavy atom. The number of rotatable bonds is 5. The van der Waals surface area contributed by atoms with E-state index in [2.05, 4.69) is 10.6 Å². The molecule has 1 aliphatic heterocycles. The molecule has 18 heavy (non-hydrogen) atoms. The smallest absolute Gasteiger partial charge is 0.317 e. The molecule has 0 radical (unpaired) electrons. The zero-order valence-electron chi connectivity index (χ0n) is 10.4. The van der Waals surface area contributed by atoms with E-state index in [4.69, 9.17) is 0 Å². The summed E-state index contributed by atoms with van der Waals surface area (Å²) in [5.74, 6) is -0.222. The molecule has 1 heterocycles. The van der Waals surface area contributed by atoms with Crippen molar-refractivity contribution >= 4 is 6.03 Å². The van der Waals surface area contributed by atoms with E-state index in [1.165, 1.54) is 12.1 Å². The summed E-state index contributed by atoms with van der Waals surface area (Å²) >= 11 is 0. The van der Waals surface area contributed by atoms with Crippen LogP contribution in [0.5, 0.6) is 0 Å². The van der Waals surface area contributed by atoms with Crippen molar-refractivity contribution in [1.82, 2.24) is 15.5 Å². The third-order valence-corrected chi connectivity index (χ3v) is 3.13. The summed E-state index contributed by atoms with van der Waals surface area (Å²) in [6.45, 7) is 4.84. The molecular formula is C13H18FN3O. The highest BCUT2D eigenvalue weighted by Gasteiger charge is 2.18. The maximum Gasteiger partial charge on any atom is 0.317 e. The number of hydrogen-bond donors (Lipinski definition) is 2. The number of hydrogen-bond acceptors (Lipinski definition) is 2. The molecule has 98 valence electrons. The number of urea groups is 1. The van der Waals surface area contributed by atoms with E-state index in [0.717, 1.165) is 18.7 Å². The molecule has 1 aromatic rings. The van der Waals surface area contributed by atoms with E-state index in [1.54, 1.807) is 11.0 Å². The van der Waals surface area contributed by atoms with Gasteiger partial charge in [-0.3, -0.25) is 0 Å². The quantitative estimate of drug-likeness (QED) is 0.833. The van der Waals surface area contributed by atoms with Gasteiger partial charge in [-0.15, -0.1) is 0 Å². The number of carbonyl (C=O) groups is 1. The predicted molar refractivity (Wildman–Crippen MR) is 67.8 cm³/mol. The van der Waals surface area contributed by atoms with Crippen LogP contribution in [0.3, 0.4) is 0 Å². The Balaban J connectivity index is 1.78. The second-order valence-electron chi connectivity index (χ2n) is 4.45. The number of carbonyl (C=O) groups excluding carboxylic acids is 1. The highest BCUT2D eigenvalue weighted by atomic mass is 19.1. The van der Waals surface area contributed by atoms with Crippen molar-refractivity contribution in [2.45, 2.75) is 13.0 Å². The average Bonchev–Trinajstić information content (AvgIpc) is 2.75. The molecule has 0 aliphatic carbocycles. The molecule has 1 fully saturated rings. The lowest BCUT2D eigenvalue weighted by Gasteiger charge is -2.18. The van der Waals surface area contributed by atoms with Crippen LogP contribution in [0.1, 0.15) is 18.5 Å². The van der Waals surface area contributed by atoms with Crippen LogP contribution in [-0.4, -0.2) is 37.1 Å². The SMILES string of the molecule is C[C@H](NCCN1CCNC1=O)c1cccc(F)c1. The van der Waals surface area contributed by atoms with Crippen LogP contribution in [0.2, 0.25) is 0 Å². The predicted octanol–water partition coefficient (Wildman–Crippen LogP) is 1.50. The van der Waals surface area contributed by atoms with Gasteiger partial charge in [0.15, 0.2) is 0 Å². The first-order valence-electron chi connectivity index (χ1n) is 6.18. The van der Waals surface area contributed by atoms with Gasteiger partial charge in [-0.2, -0.15) is 0 Å². The molecule has 0 spiro atoms. The number of benzene rings is 1. The van der Waals surface area contributed by atoms with Gasteiger partial charge >= 0.3 is 6.03 Å². The van der Waals surface area contributed by atoms with Crippen molar-refractivity contribution in [3.63, 3.8) is 0 Å². The fourth-order valence-corrected chi connectivity index (χ4v) is 2.03. The minimum Gasteiger partial charge on any atom is -0.336 e. The molecule has 2 N–H and O–H groups in total. The van der Waals surface area contributed by atoms with Crippen molar-refractivity contribution in [2.75, 3.05) is 26.2 Å². The number of nitrogens with one attached hydrogen (secondary N) is 2. The second-order valence-corrected chi connectivity index (χ2v) is 4.45. The van der Waals surface area contributed by atoms with Crippen molar-refractivity contribution in [1.29, 1.82) is 0 Å². The van der Waals surface area contributed by atoms with Gasteiger partial charge in [0.25, 0.3) is 0 Å². The molecular weight excluding hydrogens is 233 g/mol. The Bertz CT molecular complexity index is 424. The van der Waals surface area contributed by atoms with Crippen LogP contribution in [0, 0.1) is 5.82 Å². The van der Waals surface area contributed by atoms with Crippen LogP contribution in [0.15, 0.2) is 24.3 Å². The zero-order valence-corrected chi connectivity index (χ0v) is 10.4. The molecule has 2 amide bonds. The van der Waals surface area contributed by atoms with Gasteiger partial charge in [-0.1, -0.05) is 12.1 Å². The summed E-state index contributed by atoms with van der Waals surface area (Å²) in [7, 11) is 0. The third kappa shape index (κ3) is 3.20.